The minimum absolute atomic E-state index is 0.0875. The van der Waals surface area contributed by atoms with E-state index in [9.17, 15) is 8.42 Å². The standard InChI is InChI=1S/C12H21N3O2S/c1-10(2)15(3)18(16,17)14-9-12(13)11-7-5-4-6-8-11/h4-8,10,12,14H,9,13H2,1-3H3. The van der Waals surface area contributed by atoms with E-state index in [4.69, 9.17) is 5.73 Å². The predicted octanol–water partition coefficient (Wildman–Crippen LogP) is 0.861. The molecule has 0 spiro atoms. The summed E-state index contributed by atoms with van der Waals surface area (Å²) in [6.07, 6.45) is 0. The van der Waals surface area contributed by atoms with Gasteiger partial charge in [-0.25, -0.2) is 4.72 Å². The fraction of sp³-hybridized carbons (Fsp3) is 0.500. The molecule has 0 saturated heterocycles. The van der Waals surface area contributed by atoms with Crippen LogP contribution in [0.5, 0.6) is 0 Å². The van der Waals surface area contributed by atoms with E-state index in [1.807, 2.05) is 44.2 Å². The number of hydrogen-bond acceptors (Lipinski definition) is 3. The summed E-state index contributed by atoms with van der Waals surface area (Å²) in [7, 11) is -1.92. The zero-order valence-corrected chi connectivity index (χ0v) is 11.8. The summed E-state index contributed by atoms with van der Waals surface area (Å²) in [6.45, 7) is 3.82. The summed E-state index contributed by atoms with van der Waals surface area (Å²) in [4.78, 5) is 0. The lowest BCUT2D eigenvalue weighted by Crippen LogP contribution is -2.44. The highest BCUT2D eigenvalue weighted by atomic mass is 32.2. The molecule has 3 N–H and O–H groups in total. The van der Waals surface area contributed by atoms with Gasteiger partial charge in [0.05, 0.1) is 0 Å². The lowest BCUT2D eigenvalue weighted by molar-refractivity contribution is 0.401. The molecule has 0 fully saturated rings. The van der Waals surface area contributed by atoms with Gasteiger partial charge in [0.1, 0.15) is 0 Å². The van der Waals surface area contributed by atoms with Crippen molar-refractivity contribution in [2.75, 3.05) is 13.6 Å². The molecule has 0 amide bonds. The Hall–Kier alpha value is -0.950. The molecule has 6 heteroatoms. The van der Waals surface area contributed by atoms with E-state index < -0.39 is 10.2 Å². The van der Waals surface area contributed by atoms with Gasteiger partial charge < -0.3 is 5.73 Å². The van der Waals surface area contributed by atoms with Gasteiger partial charge in [-0.3, -0.25) is 0 Å². The molecule has 5 nitrogen and oxygen atoms in total. The largest absolute Gasteiger partial charge is 0.323 e. The molecule has 0 radical (unpaired) electrons. The molecule has 0 aliphatic rings. The van der Waals surface area contributed by atoms with Gasteiger partial charge in [-0.2, -0.15) is 12.7 Å². The average Bonchev–Trinajstić information content (AvgIpc) is 2.36. The van der Waals surface area contributed by atoms with Crippen LogP contribution in [0, 0.1) is 0 Å². The first-order valence-electron chi connectivity index (χ1n) is 5.87. The van der Waals surface area contributed by atoms with Crippen LogP contribution in [0.2, 0.25) is 0 Å². The summed E-state index contributed by atoms with van der Waals surface area (Å²) < 4.78 is 27.5. The van der Waals surface area contributed by atoms with Crippen LogP contribution in [0.25, 0.3) is 0 Å². The summed E-state index contributed by atoms with van der Waals surface area (Å²) in [5.74, 6) is 0. The van der Waals surface area contributed by atoms with Crippen LogP contribution in [0.1, 0.15) is 25.5 Å². The second-order valence-corrected chi connectivity index (χ2v) is 6.30. The van der Waals surface area contributed by atoms with Crippen molar-refractivity contribution in [3.8, 4) is 0 Å². The quantitative estimate of drug-likeness (QED) is 0.806. The number of nitrogens with zero attached hydrogens (tertiary/aromatic N) is 1. The molecule has 0 saturated carbocycles. The first kappa shape index (κ1) is 15.1. The van der Waals surface area contributed by atoms with Crippen molar-refractivity contribution in [3.63, 3.8) is 0 Å². The molecule has 0 aliphatic carbocycles. The zero-order valence-electron chi connectivity index (χ0n) is 11.0. The number of nitrogens with one attached hydrogen (secondary N) is 1. The van der Waals surface area contributed by atoms with Crippen LogP contribution in [0.15, 0.2) is 30.3 Å². The van der Waals surface area contributed by atoms with E-state index in [-0.39, 0.29) is 18.6 Å². The third kappa shape index (κ3) is 4.06. The third-order valence-electron chi connectivity index (χ3n) is 2.82. The Morgan fingerprint density at radius 2 is 1.83 bits per heavy atom. The molecule has 102 valence electrons. The zero-order chi connectivity index (χ0) is 13.8. The van der Waals surface area contributed by atoms with E-state index in [1.165, 1.54) is 4.31 Å². The maximum absolute atomic E-state index is 11.9. The van der Waals surface area contributed by atoms with Crippen molar-refractivity contribution >= 4 is 10.2 Å². The Bertz CT molecular complexity index is 459. The van der Waals surface area contributed by atoms with Gasteiger partial charge in [-0.05, 0) is 19.4 Å². The molecular formula is C12H21N3O2S. The normalized spacial score (nSPS) is 14.1. The van der Waals surface area contributed by atoms with Crippen LogP contribution in [-0.2, 0) is 10.2 Å². The van der Waals surface area contributed by atoms with Crippen molar-refractivity contribution in [2.45, 2.75) is 25.9 Å². The SMILES string of the molecule is CC(C)N(C)S(=O)(=O)NCC(N)c1ccccc1. The predicted molar refractivity (Wildman–Crippen MR) is 73.2 cm³/mol. The fourth-order valence-corrected chi connectivity index (χ4v) is 2.54. The first-order chi connectivity index (χ1) is 8.34. The van der Waals surface area contributed by atoms with Gasteiger partial charge in [0.2, 0.25) is 0 Å². The number of nitrogens with two attached hydrogens (primary N) is 1. The van der Waals surface area contributed by atoms with Crippen molar-refractivity contribution < 1.29 is 8.42 Å². The van der Waals surface area contributed by atoms with Crippen molar-refractivity contribution in [3.05, 3.63) is 35.9 Å². The highest BCUT2D eigenvalue weighted by molar-refractivity contribution is 7.87. The maximum atomic E-state index is 11.9. The van der Waals surface area contributed by atoms with Gasteiger partial charge in [0.25, 0.3) is 10.2 Å². The van der Waals surface area contributed by atoms with E-state index in [0.717, 1.165) is 5.56 Å². The Morgan fingerprint density at radius 3 is 2.33 bits per heavy atom. The molecule has 18 heavy (non-hydrogen) atoms. The molecule has 1 atom stereocenters. The van der Waals surface area contributed by atoms with Gasteiger partial charge >= 0.3 is 0 Å². The van der Waals surface area contributed by atoms with Crippen molar-refractivity contribution in [1.29, 1.82) is 0 Å². The van der Waals surface area contributed by atoms with Gasteiger partial charge in [-0.15, -0.1) is 0 Å². The molecule has 1 rings (SSSR count). The molecule has 0 aromatic heterocycles. The summed E-state index contributed by atoms with van der Waals surface area (Å²) in [6, 6.07) is 8.98. The highest BCUT2D eigenvalue weighted by Gasteiger charge is 2.20. The molecule has 0 heterocycles. The smallest absolute Gasteiger partial charge is 0.279 e. The van der Waals surface area contributed by atoms with Crippen molar-refractivity contribution in [2.24, 2.45) is 5.73 Å². The first-order valence-corrected chi connectivity index (χ1v) is 7.31. The number of rotatable bonds is 6. The molecule has 0 bridgehead atoms. The maximum Gasteiger partial charge on any atom is 0.279 e. The third-order valence-corrected chi connectivity index (χ3v) is 4.53. The second-order valence-electron chi connectivity index (χ2n) is 4.48. The Morgan fingerprint density at radius 1 is 1.28 bits per heavy atom. The van der Waals surface area contributed by atoms with Gasteiger partial charge in [0, 0.05) is 25.7 Å². The molecule has 0 aliphatic heterocycles. The molecule has 1 aromatic rings. The van der Waals surface area contributed by atoms with E-state index >= 15 is 0 Å². The summed E-state index contributed by atoms with van der Waals surface area (Å²) in [5.41, 5.74) is 6.84. The Kier molecular flexibility index (Phi) is 5.28. The highest BCUT2D eigenvalue weighted by Crippen LogP contribution is 2.09. The Balaban J connectivity index is 2.61. The summed E-state index contributed by atoms with van der Waals surface area (Å²) in [5, 5.41) is 0. The van der Waals surface area contributed by atoms with Crippen molar-refractivity contribution in [1.82, 2.24) is 9.03 Å². The second kappa shape index (κ2) is 6.29. The van der Waals surface area contributed by atoms with E-state index in [1.54, 1.807) is 7.05 Å². The monoisotopic (exact) mass is 271 g/mol. The van der Waals surface area contributed by atoms with Gasteiger partial charge in [-0.1, -0.05) is 30.3 Å². The summed E-state index contributed by atoms with van der Waals surface area (Å²) >= 11 is 0. The fourth-order valence-electron chi connectivity index (χ4n) is 1.39. The van der Waals surface area contributed by atoms with Crippen LogP contribution in [-0.4, -0.2) is 32.4 Å². The minimum Gasteiger partial charge on any atom is -0.323 e. The van der Waals surface area contributed by atoms with Crippen LogP contribution in [0.4, 0.5) is 0 Å². The van der Waals surface area contributed by atoms with Crippen LogP contribution >= 0.6 is 0 Å². The Labute approximate surface area is 109 Å². The number of hydrogen-bond donors (Lipinski definition) is 2. The van der Waals surface area contributed by atoms with Gasteiger partial charge in [0.15, 0.2) is 0 Å². The average molecular weight is 271 g/mol. The van der Waals surface area contributed by atoms with E-state index in [2.05, 4.69) is 4.72 Å². The lowest BCUT2D eigenvalue weighted by Gasteiger charge is -2.22. The van der Waals surface area contributed by atoms with E-state index in [0.29, 0.717) is 0 Å². The number of benzene rings is 1. The lowest BCUT2D eigenvalue weighted by atomic mass is 10.1. The minimum atomic E-state index is -3.46. The molecule has 1 aromatic carbocycles. The topological polar surface area (TPSA) is 75.4 Å². The molecular weight excluding hydrogens is 250 g/mol. The molecule has 1 unspecified atom stereocenters. The van der Waals surface area contributed by atoms with Crippen LogP contribution in [0.3, 0.4) is 0 Å². The van der Waals surface area contributed by atoms with Crippen LogP contribution < -0.4 is 10.5 Å².